The third-order valence-corrected chi connectivity index (χ3v) is 3.88. The lowest BCUT2D eigenvalue weighted by Gasteiger charge is -2.43. The zero-order valence-corrected chi connectivity index (χ0v) is 11.6. The molecule has 1 aliphatic heterocycles. The number of carbonyl (C=O) groups is 1. The fraction of sp³-hybridized carbons (Fsp3) is 0.462. The smallest absolute Gasteiger partial charge is 0.269 e. The molecule has 0 unspecified atom stereocenters. The number of nitrogens with zero attached hydrogens (tertiary/aromatic N) is 2. The summed E-state index contributed by atoms with van der Waals surface area (Å²) in [7, 11) is 0. The average Bonchev–Trinajstić information content (AvgIpc) is 2.37. The summed E-state index contributed by atoms with van der Waals surface area (Å²) < 4.78 is 0. The molecule has 0 aromatic heterocycles. The van der Waals surface area contributed by atoms with Crippen LogP contribution in [0, 0.1) is 10.1 Å². The van der Waals surface area contributed by atoms with Gasteiger partial charge in [0, 0.05) is 18.7 Å². The molecule has 0 saturated heterocycles. The fourth-order valence-corrected chi connectivity index (χ4v) is 2.81. The van der Waals surface area contributed by atoms with Gasteiger partial charge in [-0.2, -0.15) is 0 Å². The van der Waals surface area contributed by atoms with Gasteiger partial charge in [0.15, 0.2) is 0 Å². The van der Waals surface area contributed by atoms with Crippen molar-refractivity contribution in [2.24, 2.45) is 0 Å². The normalized spacial score (nSPS) is 16.9. The van der Waals surface area contributed by atoms with Crippen LogP contribution in [0.1, 0.15) is 25.0 Å². The minimum Gasteiger partial charge on any atom is -0.332 e. The first-order chi connectivity index (χ1) is 8.87. The van der Waals surface area contributed by atoms with E-state index in [1.165, 1.54) is 6.07 Å². The Balaban J connectivity index is 2.45. The van der Waals surface area contributed by atoms with Crippen molar-refractivity contribution in [3.8, 4) is 0 Å². The molecule has 0 aliphatic carbocycles. The Hall–Kier alpha value is -1.62. The second kappa shape index (κ2) is 4.81. The summed E-state index contributed by atoms with van der Waals surface area (Å²) in [6.07, 6.45) is 0.614. The number of hydrogen-bond acceptors (Lipinski definition) is 3. The highest BCUT2D eigenvalue weighted by atomic mass is 35.5. The van der Waals surface area contributed by atoms with E-state index in [-0.39, 0.29) is 17.5 Å². The lowest BCUT2D eigenvalue weighted by atomic mass is 9.83. The molecule has 0 fully saturated rings. The van der Waals surface area contributed by atoms with Crippen molar-refractivity contribution in [3.05, 3.63) is 39.4 Å². The number of carbonyl (C=O) groups excluding carboxylic acids is 1. The monoisotopic (exact) mass is 282 g/mol. The molecule has 2 rings (SSSR count). The molecule has 0 atom stereocenters. The highest BCUT2D eigenvalue weighted by molar-refractivity contribution is 6.27. The van der Waals surface area contributed by atoms with Gasteiger partial charge >= 0.3 is 0 Å². The van der Waals surface area contributed by atoms with E-state index < -0.39 is 10.5 Å². The standard InChI is InChI=1S/C13H15ClN2O3/c1-13(2)11-4-3-10(16(18)19)7-9(11)5-6-15(13)12(17)8-14/h3-4,7H,5-6,8H2,1-2H3. The van der Waals surface area contributed by atoms with Crippen LogP contribution in [0.4, 0.5) is 5.69 Å². The zero-order valence-electron chi connectivity index (χ0n) is 10.9. The molecule has 0 radical (unpaired) electrons. The average molecular weight is 283 g/mol. The van der Waals surface area contributed by atoms with Crippen molar-refractivity contribution in [3.63, 3.8) is 0 Å². The van der Waals surface area contributed by atoms with Crippen molar-refractivity contribution in [2.75, 3.05) is 12.4 Å². The molecule has 0 spiro atoms. The van der Waals surface area contributed by atoms with Crippen LogP contribution < -0.4 is 0 Å². The van der Waals surface area contributed by atoms with Gasteiger partial charge in [-0.1, -0.05) is 0 Å². The maximum absolute atomic E-state index is 11.9. The first-order valence-corrected chi connectivity index (χ1v) is 6.55. The predicted molar refractivity (Wildman–Crippen MR) is 72.3 cm³/mol. The molecule has 0 N–H and O–H groups in total. The van der Waals surface area contributed by atoms with Crippen LogP contribution in [-0.2, 0) is 16.8 Å². The predicted octanol–water partition coefficient (Wildman–Crippen LogP) is 2.45. The van der Waals surface area contributed by atoms with Crippen LogP contribution >= 0.6 is 11.6 Å². The van der Waals surface area contributed by atoms with Gasteiger partial charge in [-0.05, 0) is 37.5 Å². The van der Waals surface area contributed by atoms with E-state index in [0.29, 0.717) is 13.0 Å². The van der Waals surface area contributed by atoms with Crippen LogP contribution in [0.15, 0.2) is 18.2 Å². The van der Waals surface area contributed by atoms with Crippen LogP contribution in [0.2, 0.25) is 0 Å². The maximum Gasteiger partial charge on any atom is 0.269 e. The Bertz CT molecular complexity index is 543. The summed E-state index contributed by atoms with van der Waals surface area (Å²) in [6, 6.07) is 4.82. The first kappa shape index (κ1) is 13.8. The van der Waals surface area contributed by atoms with E-state index in [1.54, 1.807) is 17.0 Å². The van der Waals surface area contributed by atoms with Crippen molar-refractivity contribution < 1.29 is 9.72 Å². The van der Waals surface area contributed by atoms with Gasteiger partial charge < -0.3 is 4.90 Å². The highest BCUT2D eigenvalue weighted by Gasteiger charge is 2.37. The first-order valence-electron chi connectivity index (χ1n) is 6.02. The number of nitro benzene ring substituents is 1. The van der Waals surface area contributed by atoms with Crippen LogP contribution in [0.25, 0.3) is 0 Å². The summed E-state index contributed by atoms with van der Waals surface area (Å²) in [5, 5.41) is 10.8. The number of benzene rings is 1. The summed E-state index contributed by atoms with van der Waals surface area (Å²) in [6.45, 7) is 4.40. The summed E-state index contributed by atoms with van der Waals surface area (Å²) in [5.74, 6) is -0.165. The quantitative estimate of drug-likeness (QED) is 0.475. The van der Waals surface area contributed by atoms with Crippen molar-refractivity contribution in [1.29, 1.82) is 0 Å². The molecule has 5 nitrogen and oxygen atoms in total. The third-order valence-electron chi connectivity index (χ3n) is 3.65. The molecule has 0 bridgehead atoms. The van der Waals surface area contributed by atoms with Crippen LogP contribution in [-0.4, -0.2) is 28.2 Å². The molecular weight excluding hydrogens is 268 g/mol. The second-order valence-corrected chi connectivity index (χ2v) is 5.35. The molecule has 1 aromatic rings. The number of nitro groups is 1. The van der Waals surface area contributed by atoms with E-state index in [9.17, 15) is 14.9 Å². The minimum atomic E-state index is -0.491. The number of halogens is 1. The highest BCUT2D eigenvalue weighted by Crippen LogP contribution is 2.36. The SMILES string of the molecule is CC1(C)c2ccc([N+](=O)[O-])cc2CCN1C(=O)CCl. The van der Waals surface area contributed by atoms with Gasteiger partial charge in [0.1, 0.15) is 5.88 Å². The minimum absolute atomic E-state index is 0.0499. The van der Waals surface area contributed by atoms with E-state index in [1.807, 2.05) is 13.8 Å². The second-order valence-electron chi connectivity index (χ2n) is 5.09. The molecular formula is C13H15ClN2O3. The Labute approximate surface area is 116 Å². The molecule has 1 aromatic carbocycles. The number of alkyl halides is 1. The summed E-state index contributed by atoms with van der Waals surface area (Å²) in [4.78, 5) is 24.0. The number of amides is 1. The van der Waals surface area contributed by atoms with Gasteiger partial charge in [0.05, 0.1) is 10.5 Å². The molecule has 1 amide bonds. The fourth-order valence-electron chi connectivity index (χ4n) is 2.66. The maximum atomic E-state index is 11.9. The van der Waals surface area contributed by atoms with Gasteiger partial charge in [-0.25, -0.2) is 0 Å². The van der Waals surface area contributed by atoms with Gasteiger partial charge in [-0.15, -0.1) is 11.6 Å². The molecule has 1 aliphatic rings. The van der Waals surface area contributed by atoms with E-state index in [2.05, 4.69) is 0 Å². The molecule has 0 saturated carbocycles. The number of rotatable bonds is 2. The molecule has 19 heavy (non-hydrogen) atoms. The summed E-state index contributed by atoms with van der Waals surface area (Å²) in [5.41, 5.74) is 1.47. The number of fused-ring (bicyclic) bond motifs is 1. The lowest BCUT2D eigenvalue weighted by molar-refractivity contribution is -0.385. The molecule has 1 heterocycles. The Morgan fingerprint density at radius 1 is 1.53 bits per heavy atom. The van der Waals surface area contributed by atoms with Gasteiger partial charge in [-0.3, -0.25) is 14.9 Å². The van der Waals surface area contributed by atoms with E-state index in [4.69, 9.17) is 11.6 Å². The topological polar surface area (TPSA) is 63.5 Å². The van der Waals surface area contributed by atoms with Gasteiger partial charge in [0.25, 0.3) is 5.69 Å². The largest absolute Gasteiger partial charge is 0.332 e. The van der Waals surface area contributed by atoms with Crippen molar-refractivity contribution in [2.45, 2.75) is 25.8 Å². The lowest BCUT2D eigenvalue weighted by Crippen LogP contribution is -2.50. The van der Waals surface area contributed by atoms with Gasteiger partial charge in [0.2, 0.25) is 5.91 Å². The Morgan fingerprint density at radius 2 is 2.21 bits per heavy atom. The zero-order chi connectivity index (χ0) is 14.2. The molecule has 102 valence electrons. The number of non-ortho nitro benzene ring substituents is 1. The number of hydrogen-bond donors (Lipinski definition) is 0. The summed E-state index contributed by atoms with van der Waals surface area (Å²) >= 11 is 5.63. The molecule has 6 heteroatoms. The van der Waals surface area contributed by atoms with Crippen molar-refractivity contribution >= 4 is 23.2 Å². The Morgan fingerprint density at radius 3 is 2.79 bits per heavy atom. The van der Waals surface area contributed by atoms with Crippen LogP contribution in [0.5, 0.6) is 0 Å². The van der Waals surface area contributed by atoms with E-state index >= 15 is 0 Å². The van der Waals surface area contributed by atoms with Crippen LogP contribution in [0.3, 0.4) is 0 Å². The third kappa shape index (κ3) is 2.30. The van der Waals surface area contributed by atoms with Crippen molar-refractivity contribution in [1.82, 2.24) is 4.90 Å². The van der Waals surface area contributed by atoms with E-state index in [0.717, 1.165) is 11.1 Å². The Kier molecular flexibility index (Phi) is 3.49.